The molecule has 0 amide bonds. The predicted molar refractivity (Wildman–Crippen MR) is 98.8 cm³/mol. The fraction of sp³-hybridized carbons (Fsp3) is 0.647. The number of nitrogens with one attached hydrogen (secondary N) is 1. The highest BCUT2D eigenvalue weighted by Gasteiger charge is 2.53. The van der Waals surface area contributed by atoms with Crippen molar-refractivity contribution in [2.75, 3.05) is 18.5 Å². The van der Waals surface area contributed by atoms with Crippen LogP contribution in [0.5, 0.6) is 5.75 Å². The van der Waals surface area contributed by atoms with Gasteiger partial charge in [0, 0.05) is 24.1 Å². The first-order chi connectivity index (χ1) is 11.6. The quantitative estimate of drug-likeness (QED) is 0.462. The Bertz CT molecular complexity index is 632. The molecule has 1 N–H and O–H groups in total. The highest BCUT2D eigenvalue weighted by molar-refractivity contribution is 6.63. The number of nitrogens with zero attached hydrogens (tertiary/aromatic N) is 1. The third-order valence-corrected chi connectivity index (χ3v) is 4.70. The monoisotopic (exact) mass is 350 g/mol. The smallest absolute Gasteiger partial charge is 0.494 e. The number of nitro benzene ring substituents is 1. The van der Waals surface area contributed by atoms with E-state index in [-0.39, 0.29) is 5.69 Å². The van der Waals surface area contributed by atoms with Crippen molar-refractivity contribution in [1.29, 1.82) is 0 Å². The Morgan fingerprint density at radius 1 is 1.20 bits per heavy atom. The summed E-state index contributed by atoms with van der Waals surface area (Å²) in [5.74, 6) is 0.533. The minimum absolute atomic E-state index is 0.0124. The van der Waals surface area contributed by atoms with Crippen molar-refractivity contribution in [2.24, 2.45) is 0 Å². The van der Waals surface area contributed by atoms with Crippen LogP contribution in [0, 0.1) is 10.1 Å². The van der Waals surface area contributed by atoms with Gasteiger partial charge < -0.3 is 19.4 Å². The highest BCUT2D eigenvalue weighted by Crippen LogP contribution is 2.38. The first kappa shape index (κ1) is 19.5. The van der Waals surface area contributed by atoms with E-state index in [2.05, 4.69) is 5.32 Å². The van der Waals surface area contributed by atoms with Gasteiger partial charge in [-0.3, -0.25) is 10.1 Å². The summed E-state index contributed by atoms with van der Waals surface area (Å²) in [5, 5.41) is 14.6. The van der Waals surface area contributed by atoms with E-state index in [1.54, 1.807) is 6.07 Å². The van der Waals surface area contributed by atoms with E-state index in [0.29, 0.717) is 30.1 Å². The van der Waals surface area contributed by atoms with Crippen molar-refractivity contribution in [3.8, 4) is 5.75 Å². The lowest BCUT2D eigenvalue weighted by Crippen LogP contribution is -2.41. The van der Waals surface area contributed by atoms with Crippen molar-refractivity contribution in [3.05, 3.63) is 22.2 Å². The molecule has 1 fully saturated rings. The number of anilines is 1. The van der Waals surface area contributed by atoms with Crippen LogP contribution in [-0.2, 0) is 9.31 Å². The van der Waals surface area contributed by atoms with Crippen LogP contribution < -0.4 is 15.5 Å². The van der Waals surface area contributed by atoms with Crippen molar-refractivity contribution in [3.63, 3.8) is 0 Å². The van der Waals surface area contributed by atoms with Crippen molar-refractivity contribution < 1.29 is 19.0 Å². The lowest BCUT2D eigenvalue weighted by atomic mass is 9.77. The van der Waals surface area contributed by atoms with Crippen LogP contribution in [0.2, 0.25) is 0 Å². The number of ether oxygens (including phenoxy) is 1. The molecule has 1 aliphatic heterocycles. The van der Waals surface area contributed by atoms with E-state index < -0.39 is 23.2 Å². The maximum Gasteiger partial charge on any atom is 0.498 e. The Morgan fingerprint density at radius 3 is 2.28 bits per heavy atom. The molecule has 1 aromatic carbocycles. The molecule has 0 unspecified atom stereocenters. The van der Waals surface area contributed by atoms with E-state index in [0.717, 1.165) is 6.42 Å². The van der Waals surface area contributed by atoms with Crippen LogP contribution in [0.15, 0.2) is 12.1 Å². The SMILES string of the molecule is CCCNc1cc(OCC)c(B2OC(C)(C)C(C)(C)O2)cc1[N+](=O)[O-]. The molecule has 8 heteroatoms. The fourth-order valence-corrected chi connectivity index (χ4v) is 2.57. The molecule has 0 radical (unpaired) electrons. The maximum absolute atomic E-state index is 11.5. The Labute approximate surface area is 149 Å². The van der Waals surface area contributed by atoms with Crippen LogP contribution >= 0.6 is 0 Å². The fourth-order valence-electron chi connectivity index (χ4n) is 2.57. The Hall–Kier alpha value is -1.80. The number of hydrogen-bond donors (Lipinski definition) is 1. The Kier molecular flexibility index (Phi) is 5.63. The molecule has 1 saturated heterocycles. The molecule has 0 aliphatic carbocycles. The van der Waals surface area contributed by atoms with Crippen LogP contribution in [0.1, 0.15) is 48.0 Å². The summed E-state index contributed by atoms with van der Waals surface area (Å²) >= 11 is 0. The molecular weight excluding hydrogens is 323 g/mol. The van der Waals surface area contributed by atoms with Gasteiger partial charge in [-0.2, -0.15) is 0 Å². The van der Waals surface area contributed by atoms with Crippen LogP contribution in [0.3, 0.4) is 0 Å². The van der Waals surface area contributed by atoms with Gasteiger partial charge in [-0.15, -0.1) is 0 Å². The number of hydrogen-bond acceptors (Lipinski definition) is 6. The van der Waals surface area contributed by atoms with Gasteiger partial charge >= 0.3 is 7.12 Å². The molecule has 25 heavy (non-hydrogen) atoms. The summed E-state index contributed by atoms with van der Waals surface area (Å²) in [7, 11) is -0.717. The first-order valence-electron chi connectivity index (χ1n) is 8.67. The molecule has 1 aliphatic rings. The second-order valence-corrected chi connectivity index (χ2v) is 7.11. The third kappa shape index (κ3) is 3.90. The summed E-state index contributed by atoms with van der Waals surface area (Å²) in [6.45, 7) is 12.7. The largest absolute Gasteiger partial charge is 0.498 e. The van der Waals surface area contributed by atoms with Crippen molar-refractivity contribution in [2.45, 2.75) is 59.2 Å². The van der Waals surface area contributed by atoms with E-state index in [9.17, 15) is 10.1 Å². The Balaban J connectivity index is 2.49. The summed E-state index contributed by atoms with van der Waals surface area (Å²) < 4.78 is 17.8. The molecule has 0 saturated carbocycles. The molecule has 0 spiro atoms. The van der Waals surface area contributed by atoms with E-state index >= 15 is 0 Å². The molecule has 0 atom stereocenters. The second kappa shape index (κ2) is 7.21. The zero-order valence-electron chi connectivity index (χ0n) is 15.8. The predicted octanol–water partition coefficient (Wildman–Crippen LogP) is 3.11. The molecule has 2 rings (SSSR count). The molecule has 7 nitrogen and oxygen atoms in total. The zero-order chi connectivity index (χ0) is 18.8. The van der Waals surface area contributed by atoms with Gasteiger partial charge in [-0.1, -0.05) is 6.92 Å². The minimum atomic E-state index is -0.717. The lowest BCUT2D eigenvalue weighted by molar-refractivity contribution is -0.383. The number of rotatable bonds is 7. The van der Waals surface area contributed by atoms with Gasteiger partial charge in [0.15, 0.2) is 0 Å². The summed E-state index contributed by atoms with van der Waals surface area (Å²) in [6, 6.07) is 3.16. The maximum atomic E-state index is 11.5. The lowest BCUT2D eigenvalue weighted by Gasteiger charge is -2.32. The van der Waals surface area contributed by atoms with Crippen LogP contribution in [0.4, 0.5) is 11.4 Å². The number of nitro groups is 1. The van der Waals surface area contributed by atoms with Crippen molar-refractivity contribution in [1.82, 2.24) is 0 Å². The second-order valence-electron chi connectivity index (χ2n) is 7.11. The van der Waals surface area contributed by atoms with Crippen LogP contribution in [-0.4, -0.2) is 36.4 Å². The average molecular weight is 350 g/mol. The summed E-state index contributed by atoms with van der Waals surface area (Å²) in [5.41, 5.74) is -0.101. The van der Waals surface area contributed by atoms with Gasteiger partial charge in [0.1, 0.15) is 11.4 Å². The molecule has 1 aromatic rings. The molecular formula is C17H27BN2O5. The van der Waals surface area contributed by atoms with E-state index in [4.69, 9.17) is 14.0 Å². The molecule has 0 aromatic heterocycles. The Morgan fingerprint density at radius 2 is 1.80 bits per heavy atom. The third-order valence-electron chi connectivity index (χ3n) is 4.70. The molecule has 1 heterocycles. The topological polar surface area (TPSA) is 82.9 Å². The van der Waals surface area contributed by atoms with Gasteiger partial charge in [0.25, 0.3) is 5.69 Å². The van der Waals surface area contributed by atoms with Gasteiger partial charge in [-0.25, -0.2) is 0 Å². The average Bonchev–Trinajstić information content (AvgIpc) is 2.73. The normalized spacial score (nSPS) is 18.2. The van der Waals surface area contributed by atoms with Crippen molar-refractivity contribution >= 4 is 24.0 Å². The number of benzene rings is 1. The minimum Gasteiger partial charge on any atom is -0.494 e. The van der Waals surface area contributed by atoms with Gasteiger partial charge in [-0.05, 0) is 41.0 Å². The van der Waals surface area contributed by atoms with Crippen LogP contribution in [0.25, 0.3) is 0 Å². The van der Waals surface area contributed by atoms with E-state index in [1.807, 2.05) is 41.5 Å². The van der Waals surface area contributed by atoms with Gasteiger partial charge in [0.2, 0.25) is 0 Å². The summed E-state index contributed by atoms with van der Waals surface area (Å²) in [4.78, 5) is 11.1. The molecule has 0 bridgehead atoms. The van der Waals surface area contributed by atoms with E-state index in [1.165, 1.54) is 6.07 Å². The van der Waals surface area contributed by atoms with Gasteiger partial charge in [0.05, 0.1) is 22.7 Å². The summed E-state index contributed by atoms with van der Waals surface area (Å²) in [6.07, 6.45) is 0.861. The standard InChI is InChI=1S/C17H27BN2O5/c1-7-9-19-13-11-15(23-8-2)12(10-14(13)20(21)22)18-24-16(3,4)17(5,6)25-18/h10-11,19H,7-9H2,1-6H3. The highest BCUT2D eigenvalue weighted by atomic mass is 16.7. The first-order valence-corrected chi connectivity index (χ1v) is 8.67. The molecule has 138 valence electrons. The zero-order valence-corrected chi connectivity index (χ0v) is 15.8.